The third kappa shape index (κ3) is 4.93. The van der Waals surface area contributed by atoms with E-state index in [0.717, 1.165) is 0 Å². The summed E-state index contributed by atoms with van der Waals surface area (Å²) >= 11 is 0. The second kappa shape index (κ2) is 6.43. The van der Waals surface area contributed by atoms with E-state index in [-0.39, 0.29) is 24.8 Å². The summed E-state index contributed by atoms with van der Waals surface area (Å²) in [4.78, 5) is 4.24. The van der Waals surface area contributed by atoms with Gasteiger partial charge in [0.15, 0.2) is 0 Å². The summed E-state index contributed by atoms with van der Waals surface area (Å²) in [5, 5.41) is 18.0. The van der Waals surface area contributed by atoms with Crippen LogP contribution in [-0.4, -0.2) is 66.6 Å². The second-order valence-corrected chi connectivity index (χ2v) is 5.19. The SMILES string of the molecule is CN(C)C(N(CCO)CCO)C(C)(C)C. The highest BCUT2D eigenvalue weighted by molar-refractivity contribution is 4.81. The number of aliphatic hydroxyl groups is 2. The van der Waals surface area contributed by atoms with Gasteiger partial charge in [-0.25, -0.2) is 0 Å². The Kier molecular flexibility index (Phi) is 6.36. The topological polar surface area (TPSA) is 46.9 Å². The molecule has 0 aromatic carbocycles. The Morgan fingerprint density at radius 1 is 1.00 bits per heavy atom. The van der Waals surface area contributed by atoms with Gasteiger partial charge < -0.3 is 10.2 Å². The smallest absolute Gasteiger partial charge is 0.0668 e. The van der Waals surface area contributed by atoms with E-state index in [1.807, 2.05) is 14.1 Å². The molecule has 0 fully saturated rings. The van der Waals surface area contributed by atoms with Crippen molar-refractivity contribution < 1.29 is 10.2 Å². The third-order valence-corrected chi connectivity index (χ3v) is 2.38. The van der Waals surface area contributed by atoms with Crippen molar-refractivity contribution in [3.63, 3.8) is 0 Å². The first kappa shape index (κ1) is 14.8. The highest BCUT2D eigenvalue weighted by Crippen LogP contribution is 2.25. The van der Waals surface area contributed by atoms with Crippen molar-refractivity contribution in [2.24, 2.45) is 5.41 Å². The maximum Gasteiger partial charge on any atom is 0.0668 e. The van der Waals surface area contributed by atoms with Crippen molar-refractivity contribution in [1.82, 2.24) is 9.80 Å². The summed E-state index contributed by atoms with van der Waals surface area (Å²) in [7, 11) is 4.05. The predicted molar refractivity (Wildman–Crippen MR) is 62.7 cm³/mol. The van der Waals surface area contributed by atoms with E-state index >= 15 is 0 Å². The number of rotatable bonds is 6. The summed E-state index contributed by atoms with van der Waals surface area (Å²) in [6.45, 7) is 7.94. The van der Waals surface area contributed by atoms with Gasteiger partial charge in [-0.05, 0) is 19.5 Å². The van der Waals surface area contributed by atoms with Crippen molar-refractivity contribution >= 4 is 0 Å². The van der Waals surface area contributed by atoms with Crippen LogP contribution in [0.25, 0.3) is 0 Å². The molecule has 4 nitrogen and oxygen atoms in total. The molecule has 0 aromatic heterocycles. The van der Waals surface area contributed by atoms with Gasteiger partial charge in [0.25, 0.3) is 0 Å². The third-order valence-electron chi connectivity index (χ3n) is 2.38. The fourth-order valence-corrected chi connectivity index (χ4v) is 2.26. The van der Waals surface area contributed by atoms with Crippen LogP contribution in [0.4, 0.5) is 0 Å². The molecule has 92 valence electrons. The summed E-state index contributed by atoms with van der Waals surface area (Å²) in [6, 6.07) is 0. The molecule has 0 amide bonds. The minimum absolute atomic E-state index is 0.0911. The van der Waals surface area contributed by atoms with Crippen LogP contribution >= 0.6 is 0 Å². The average Bonchev–Trinajstić information content (AvgIpc) is 2.01. The maximum atomic E-state index is 9.02. The largest absolute Gasteiger partial charge is 0.395 e. The van der Waals surface area contributed by atoms with Gasteiger partial charge in [-0.15, -0.1) is 0 Å². The van der Waals surface area contributed by atoms with E-state index in [1.165, 1.54) is 0 Å². The van der Waals surface area contributed by atoms with Gasteiger partial charge in [0.1, 0.15) is 0 Å². The zero-order valence-electron chi connectivity index (χ0n) is 10.7. The number of nitrogens with zero attached hydrogens (tertiary/aromatic N) is 2. The Hall–Kier alpha value is -0.160. The van der Waals surface area contributed by atoms with Crippen molar-refractivity contribution in [3.8, 4) is 0 Å². The monoisotopic (exact) mass is 218 g/mol. The van der Waals surface area contributed by atoms with Crippen LogP contribution in [0, 0.1) is 5.41 Å². The zero-order chi connectivity index (χ0) is 12.1. The van der Waals surface area contributed by atoms with Gasteiger partial charge in [0.05, 0.1) is 19.4 Å². The van der Waals surface area contributed by atoms with Crippen molar-refractivity contribution in [3.05, 3.63) is 0 Å². The van der Waals surface area contributed by atoms with E-state index in [4.69, 9.17) is 10.2 Å². The van der Waals surface area contributed by atoms with Crippen LogP contribution in [0.1, 0.15) is 20.8 Å². The Labute approximate surface area is 93.5 Å². The van der Waals surface area contributed by atoms with Crippen LogP contribution in [0.15, 0.2) is 0 Å². The number of aliphatic hydroxyl groups excluding tert-OH is 2. The van der Waals surface area contributed by atoms with Crippen LogP contribution in [0.2, 0.25) is 0 Å². The van der Waals surface area contributed by atoms with Crippen LogP contribution in [0.3, 0.4) is 0 Å². The van der Waals surface area contributed by atoms with Crippen molar-refractivity contribution in [1.29, 1.82) is 0 Å². The second-order valence-electron chi connectivity index (χ2n) is 5.19. The highest BCUT2D eigenvalue weighted by atomic mass is 16.3. The molecule has 0 aliphatic rings. The molecular weight excluding hydrogens is 192 g/mol. The molecule has 4 heteroatoms. The zero-order valence-corrected chi connectivity index (χ0v) is 10.7. The van der Waals surface area contributed by atoms with E-state index in [0.29, 0.717) is 13.1 Å². The average molecular weight is 218 g/mol. The lowest BCUT2D eigenvalue weighted by molar-refractivity contribution is -0.0184. The quantitative estimate of drug-likeness (QED) is 0.626. The van der Waals surface area contributed by atoms with Gasteiger partial charge in [-0.3, -0.25) is 9.80 Å². The fourth-order valence-electron chi connectivity index (χ4n) is 2.26. The molecule has 0 radical (unpaired) electrons. The summed E-state index contributed by atoms with van der Waals surface area (Å²) in [6.07, 6.45) is 0.219. The van der Waals surface area contributed by atoms with E-state index in [9.17, 15) is 0 Å². The molecule has 0 aliphatic heterocycles. The Balaban J connectivity index is 4.67. The van der Waals surface area contributed by atoms with Crippen LogP contribution in [0.5, 0.6) is 0 Å². The molecule has 0 spiro atoms. The molecule has 0 aromatic rings. The van der Waals surface area contributed by atoms with Crippen molar-refractivity contribution in [2.45, 2.75) is 26.9 Å². The minimum Gasteiger partial charge on any atom is -0.395 e. The lowest BCUT2D eigenvalue weighted by Gasteiger charge is -2.43. The van der Waals surface area contributed by atoms with E-state index in [1.54, 1.807) is 0 Å². The Morgan fingerprint density at radius 3 is 1.60 bits per heavy atom. The first-order valence-corrected chi connectivity index (χ1v) is 5.46. The Morgan fingerprint density at radius 2 is 1.40 bits per heavy atom. The fraction of sp³-hybridized carbons (Fsp3) is 1.00. The molecule has 1 unspecified atom stereocenters. The van der Waals surface area contributed by atoms with Gasteiger partial charge in [-0.1, -0.05) is 20.8 Å². The van der Waals surface area contributed by atoms with Gasteiger partial charge in [0.2, 0.25) is 0 Å². The molecule has 0 rings (SSSR count). The lowest BCUT2D eigenvalue weighted by Crippen LogP contribution is -2.54. The normalized spacial score (nSPS) is 15.0. The predicted octanol–water partition coefficient (Wildman–Crippen LogP) is 0.207. The van der Waals surface area contributed by atoms with E-state index < -0.39 is 0 Å². The summed E-state index contributed by atoms with van der Waals surface area (Å²) in [5.41, 5.74) is 0.0911. The lowest BCUT2D eigenvalue weighted by atomic mass is 9.90. The highest BCUT2D eigenvalue weighted by Gasteiger charge is 2.31. The first-order chi connectivity index (χ1) is 6.84. The molecule has 15 heavy (non-hydrogen) atoms. The molecular formula is C11H26N2O2. The maximum absolute atomic E-state index is 9.02. The first-order valence-electron chi connectivity index (χ1n) is 5.46. The molecule has 1 atom stereocenters. The molecule has 2 N–H and O–H groups in total. The number of hydrogen-bond acceptors (Lipinski definition) is 4. The van der Waals surface area contributed by atoms with E-state index in [2.05, 4.69) is 30.6 Å². The molecule has 0 bridgehead atoms. The molecule has 0 saturated heterocycles. The Bertz CT molecular complexity index is 160. The number of hydrogen-bond donors (Lipinski definition) is 2. The van der Waals surface area contributed by atoms with Gasteiger partial charge in [0, 0.05) is 13.1 Å². The van der Waals surface area contributed by atoms with Gasteiger partial charge >= 0.3 is 0 Å². The molecule has 0 saturated carbocycles. The molecule has 0 heterocycles. The standard InChI is InChI=1S/C11H26N2O2/c1-11(2,3)10(12(4)5)13(6-8-14)7-9-15/h10,14-15H,6-9H2,1-5H3. The van der Waals surface area contributed by atoms with Crippen molar-refractivity contribution in [2.75, 3.05) is 40.4 Å². The molecule has 0 aliphatic carbocycles. The summed E-state index contributed by atoms with van der Waals surface area (Å²) in [5.74, 6) is 0. The minimum atomic E-state index is 0.0911. The van der Waals surface area contributed by atoms with Crippen LogP contribution < -0.4 is 0 Å². The van der Waals surface area contributed by atoms with Gasteiger partial charge in [-0.2, -0.15) is 0 Å². The van der Waals surface area contributed by atoms with Crippen LogP contribution in [-0.2, 0) is 0 Å². The summed E-state index contributed by atoms with van der Waals surface area (Å²) < 4.78 is 0.